The van der Waals surface area contributed by atoms with Gasteiger partial charge >= 0.3 is 35.7 Å². The van der Waals surface area contributed by atoms with E-state index in [1.165, 1.54) is 12.3 Å². The molecule has 1 aromatic rings. The molecule has 1 aliphatic heterocycles. The third kappa shape index (κ3) is 4.90. The molecule has 1 aliphatic rings. The van der Waals surface area contributed by atoms with E-state index in [0.29, 0.717) is 25.1 Å². The quantitative estimate of drug-likeness (QED) is 0.632. The van der Waals surface area contributed by atoms with E-state index in [2.05, 4.69) is 0 Å². The summed E-state index contributed by atoms with van der Waals surface area (Å²) in [4.78, 5) is 24.2. The van der Waals surface area contributed by atoms with Crippen molar-refractivity contribution in [3.05, 3.63) is 29.7 Å². The van der Waals surface area contributed by atoms with Gasteiger partial charge in [-0.3, -0.25) is 0 Å². The van der Waals surface area contributed by atoms with Crippen molar-refractivity contribution in [1.82, 2.24) is 4.90 Å². The number of hydrogen-bond acceptors (Lipinski definition) is 5. The predicted molar refractivity (Wildman–Crippen MR) is 73.4 cm³/mol. The van der Waals surface area contributed by atoms with Gasteiger partial charge in [0.25, 0.3) is 0 Å². The maximum Gasteiger partial charge on any atom is 1.00 e. The first-order valence-corrected chi connectivity index (χ1v) is 6.73. The van der Waals surface area contributed by atoms with E-state index in [1.54, 1.807) is 4.90 Å². The fourth-order valence-electron chi connectivity index (χ4n) is 2.04. The summed E-state index contributed by atoms with van der Waals surface area (Å²) in [6, 6.07) is 1.43. The van der Waals surface area contributed by atoms with E-state index in [9.17, 15) is 14.7 Å². The summed E-state index contributed by atoms with van der Waals surface area (Å²) in [7, 11) is 0. The maximum atomic E-state index is 11.9. The first-order chi connectivity index (χ1) is 9.76. The maximum absolute atomic E-state index is 11.9. The predicted octanol–water partition coefficient (Wildman–Crippen LogP) is -1.33. The molecular weight excluding hydrogens is 297 g/mol. The molecule has 0 aliphatic carbocycles. The van der Waals surface area contributed by atoms with Crippen LogP contribution in [0.2, 0.25) is 0 Å². The standard InChI is InChI=1S/C15H19NO5.Na/c1-15(2,3)21-14(19)16-6-4-10(5-7-16)11-8-12(13(17)18)20-9-11;/h4,8-9H,5-7H2,1-3H3,(H,17,18);/q;+1/p-1. The summed E-state index contributed by atoms with van der Waals surface area (Å²) >= 11 is 0. The van der Waals surface area contributed by atoms with Crippen LogP contribution < -0.4 is 34.7 Å². The van der Waals surface area contributed by atoms with Crippen LogP contribution in [0.15, 0.2) is 22.8 Å². The van der Waals surface area contributed by atoms with Crippen molar-refractivity contribution in [2.45, 2.75) is 32.8 Å². The number of amides is 1. The normalized spacial score (nSPS) is 14.9. The summed E-state index contributed by atoms with van der Waals surface area (Å²) in [6.07, 6.45) is 3.53. The van der Waals surface area contributed by atoms with E-state index in [-0.39, 0.29) is 41.4 Å². The number of hydrogen-bond donors (Lipinski definition) is 0. The second-order valence-corrected chi connectivity index (χ2v) is 5.89. The number of carboxylic acids is 1. The Hall–Kier alpha value is -1.24. The van der Waals surface area contributed by atoms with Crippen molar-refractivity contribution in [3.8, 4) is 0 Å². The molecule has 1 amide bonds. The summed E-state index contributed by atoms with van der Waals surface area (Å²) in [5, 5.41) is 10.7. The van der Waals surface area contributed by atoms with E-state index < -0.39 is 11.6 Å². The molecule has 0 saturated carbocycles. The largest absolute Gasteiger partial charge is 1.00 e. The molecule has 0 bridgehead atoms. The molecule has 0 radical (unpaired) electrons. The Kier molecular flexibility index (Phi) is 6.28. The van der Waals surface area contributed by atoms with Gasteiger partial charge in [0.15, 0.2) is 0 Å². The summed E-state index contributed by atoms with van der Waals surface area (Å²) < 4.78 is 10.2. The Morgan fingerprint density at radius 2 is 2.05 bits per heavy atom. The summed E-state index contributed by atoms with van der Waals surface area (Å²) in [5.74, 6) is -1.53. The zero-order valence-electron chi connectivity index (χ0n) is 13.3. The van der Waals surface area contributed by atoms with Gasteiger partial charge in [-0.05, 0) is 38.8 Å². The van der Waals surface area contributed by atoms with Crippen molar-refractivity contribution >= 4 is 17.6 Å². The first-order valence-electron chi connectivity index (χ1n) is 6.73. The Morgan fingerprint density at radius 3 is 2.50 bits per heavy atom. The van der Waals surface area contributed by atoms with Gasteiger partial charge < -0.3 is 24.0 Å². The molecule has 0 fully saturated rings. The van der Waals surface area contributed by atoms with Gasteiger partial charge in [-0.15, -0.1) is 0 Å². The number of furan rings is 1. The van der Waals surface area contributed by atoms with Crippen molar-refractivity contribution in [2.75, 3.05) is 13.1 Å². The molecule has 6 nitrogen and oxygen atoms in total. The Morgan fingerprint density at radius 1 is 1.36 bits per heavy atom. The number of carbonyl (C=O) groups excluding carboxylic acids is 2. The minimum Gasteiger partial charge on any atom is -0.542 e. The minimum atomic E-state index is -1.34. The SMILES string of the molecule is CC(C)(C)OC(=O)N1CC=C(c2coc(C(=O)[O-])c2)CC1.[Na+]. The van der Waals surface area contributed by atoms with Crippen molar-refractivity contribution in [1.29, 1.82) is 0 Å². The molecule has 1 aromatic heterocycles. The molecule has 0 atom stereocenters. The van der Waals surface area contributed by atoms with Crippen LogP contribution in [0.5, 0.6) is 0 Å². The molecule has 114 valence electrons. The molecule has 0 saturated heterocycles. The third-order valence-corrected chi connectivity index (χ3v) is 3.03. The monoisotopic (exact) mass is 315 g/mol. The number of aromatic carboxylic acids is 1. The zero-order chi connectivity index (χ0) is 15.6. The zero-order valence-corrected chi connectivity index (χ0v) is 15.3. The Labute approximate surface area is 151 Å². The number of carboxylic acid groups (broad SMARTS) is 1. The van der Waals surface area contributed by atoms with Crippen LogP contribution in [0, 0.1) is 0 Å². The van der Waals surface area contributed by atoms with Crippen LogP contribution in [-0.2, 0) is 4.74 Å². The number of carbonyl (C=O) groups is 2. The summed E-state index contributed by atoms with van der Waals surface area (Å²) in [5.41, 5.74) is 1.14. The van der Waals surface area contributed by atoms with Crippen LogP contribution in [-0.4, -0.2) is 35.7 Å². The molecule has 0 spiro atoms. The molecule has 0 aromatic carbocycles. The van der Waals surface area contributed by atoms with E-state index in [4.69, 9.17) is 9.15 Å². The van der Waals surface area contributed by atoms with Crippen LogP contribution >= 0.6 is 0 Å². The van der Waals surface area contributed by atoms with Crippen LogP contribution in [0.25, 0.3) is 5.57 Å². The second-order valence-electron chi connectivity index (χ2n) is 5.89. The van der Waals surface area contributed by atoms with Gasteiger partial charge in [0, 0.05) is 18.7 Å². The average Bonchev–Trinajstić information content (AvgIpc) is 2.86. The summed E-state index contributed by atoms with van der Waals surface area (Å²) in [6.45, 7) is 6.41. The van der Waals surface area contributed by atoms with Gasteiger partial charge in [0.05, 0.1) is 6.26 Å². The van der Waals surface area contributed by atoms with E-state index in [0.717, 1.165) is 5.57 Å². The topological polar surface area (TPSA) is 82.8 Å². The van der Waals surface area contributed by atoms with Crippen molar-refractivity contribution in [3.63, 3.8) is 0 Å². The van der Waals surface area contributed by atoms with Crippen molar-refractivity contribution in [2.24, 2.45) is 0 Å². The van der Waals surface area contributed by atoms with E-state index in [1.807, 2.05) is 26.8 Å². The number of ether oxygens (including phenoxy) is 1. The van der Waals surface area contributed by atoms with Gasteiger partial charge in [0.1, 0.15) is 17.3 Å². The molecule has 2 heterocycles. The fraction of sp³-hybridized carbons (Fsp3) is 0.467. The smallest absolute Gasteiger partial charge is 0.542 e. The van der Waals surface area contributed by atoms with E-state index >= 15 is 0 Å². The van der Waals surface area contributed by atoms with Gasteiger partial charge in [-0.1, -0.05) is 6.08 Å². The minimum absolute atomic E-state index is 0. The van der Waals surface area contributed by atoms with Crippen molar-refractivity contribution < 1.29 is 53.4 Å². The molecule has 2 rings (SSSR count). The molecular formula is C15H18NNaO5. The van der Waals surface area contributed by atoms with Gasteiger partial charge in [-0.25, -0.2) is 4.79 Å². The number of nitrogens with zero attached hydrogens (tertiary/aromatic N) is 1. The molecule has 22 heavy (non-hydrogen) atoms. The molecule has 7 heteroatoms. The average molecular weight is 315 g/mol. The number of rotatable bonds is 2. The van der Waals surface area contributed by atoms with Crippen LogP contribution in [0.4, 0.5) is 4.79 Å². The van der Waals surface area contributed by atoms with Crippen LogP contribution in [0.1, 0.15) is 43.3 Å². The van der Waals surface area contributed by atoms with Gasteiger partial charge in [0.2, 0.25) is 0 Å². The molecule has 0 unspecified atom stereocenters. The Bertz CT molecular complexity index is 585. The Balaban J connectivity index is 0.00000242. The first kappa shape index (κ1) is 18.8. The van der Waals surface area contributed by atoms with Gasteiger partial charge in [-0.2, -0.15) is 0 Å². The fourth-order valence-corrected chi connectivity index (χ4v) is 2.04. The van der Waals surface area contributed by atoms with Crippen LogP contribution in [0.3, 0.4) is 0 Å². The molecule has 0 N–H and O–H groups in total. The third-order valence-electron chi connectivity index (χ3n) is 3.03. The second kappa shape index (κ2) is 7.35.